The van der Waals surface area contributed by atoms with Gasteiger partial charge in [-0.25, -0.2) is 0 Å². The number of aromatic nitrogens is 4. The van der Waals surface area contributed by atoms with Gasteiger partial charge in [0.05, 0.1) is 55.5 Å². The Labute approximate surface area is 613 Å². The first-order valence-corrected chi connectivity index (χ1v) is 36.5. The van der Waals surface area contributed by atoms with Crippen LogP contribution in [0.2, 0.25) is 0 Å². The molecule has 17 aromatic carbocycles. The minimum Gasteiger partial charge on any atom is -0.309 e. The standard InChI is InChI=1S/C102H66N4/c1-5-26-67(27-6-1)73-34-23-35-79(61-73)103-92-44-19-14-37-83(92)85-58-55-76(66-100(85)103)74-56-59-96-90(64-74)84-38-15-20-45-93(84)106(96)99-65-75(54-57-82(99)72-32-11-4-12-33-72)69-50-52-70(53-51-69)78-60-77(68-28-7-2-8-29-68)62-80(63-78)104-94-46-21-16-39-88(94)101-86(41-24-48-97(101)104)87-42-25-49-98-102(87)89-40-17-22-47-95(89)105(98)91-43-18-13-36-81(91)71-30-9-3-10-31-71/h1-66H. The van der Waals surface area contributed by atoms with Crippen LogP contribution >= 0.6 is 0 Å². The Hall–Kier alpha value is -14.1. The lowest BCUT2D eigenvalue weighted by Crippen LogP contribution is -1.98. The summed E-state index contributed by atoms with van der Waals surface area (Å²) in [6, 6.07) is 148. The maximum atomic E-state index is 2.50. The van der Waals surface area contributed by atoms with E-state index in [-0.39, 0.29) is 0 Å². The lowest BCUT2D eigenvalue weighted by molar-refractivity contribution is 1.18. The van der Waals surface area contributed by atoms with Crippen LogP contribution in [0, 0.1) is 0 Å². The zero-order valence-electron chi connectivity index (χ0n) is 57.9. The Morgan fingerprint density at radius 2 is 0.481 bits per heavy atom. The van der Waals surface area contributed by atoms with Crippen LogP contribution in [0.25, 0.3) is 199 Å². The van der Waals surface area contributed by atoms with Gasteiger partial charge in [-0.15, -0.1) is 0 Å². The van der Waals surface area contributed by atoms with Gasteiger partial charge in [-0.05, 0) is 175 Å². The zero-order chi connectivity index (χ0) is 69.8. The molecule has 21 aromatic rings. The lowest BCUT2D eigenvalue weighted by atomic mass is 9.94. The van der Waals surface area contributed by atoms with E-state index in [0.29, 0.717) is 0 Å². The molecule has 106 heavy (non-hydrogen) atoms. The predicted octanol–water partition coefficient (Wildman–Crippen LogP) is 27.4. The van der Waals surface area contributed by atoms with E-state index in [1.54, 1.807) is 0 Å². The van der Waals surface area contributed by atoms with Crippen LogP contribution in [0.5, 0.6) is 0 Å². The molecule has 0 radical (unpaired) electrons. The average Bonchev–Trinajstić information content (AvgIpc) is 1.56. The molecule has 21 rings (SSSR count). The van der Waals surface area contributed by atoms with Crippen molar-refractivity contribution in [2.45, 2.75) is 0 Å². The van der Waals surface area contributed by atoms with E-state index >= 15 is 0 Å². The molecule has 0 aliphatic rings. The van der Waals surface area contributed by atoms with Gasteiger partial charge >= 0.3 is 0 Å². The lowest BCUT2D eigenvalue weighted by Gasteiger charge is -2.17. The second-order valence-electron chi connectivity index (χ2n) is 27.9. The van der Waals surface area contributed by atoms with Crippen molar-refractivity contribution in [1.82, 2.24) is 18.3 Å². The summed E-state index contributed by atoms with van der Waals surface area (Å²) in [6.07, 6.45) is 0. The molecule has 494 valence electrons. The molecule has 0 saturated heterocycles. The molecule has 4 heterocycles. The quantitative estimate of drug-likeness (QED) is 0.116. The van der Waals surface area contributed by atoms with Crippen molar-refractivity contribution in [3.63, 3.8) is 0 Å². The summed E-state index contributed by atoms with van der Waals surface area (Å²) in [5.41, 5.74) is 32.5. The molecule has 0 atom stereocenters. The second-order valence-corrected chi connectivity index (χ2v) is 27.9. The van der Waals surface area contributed by atoms with Crippen LogP contribution in [0.15, 0.2) is 400 Å². The maximum absolute atomic E-state index is 2.50. The van der Waals surface area contributed by atoms with Crippen molar-refractivity contribution >= 4 is 87.2 Å². The van der Waals surface area contributed by atoms with Gasteiger partial charge in [0, 0.05) is 65.6 Å². The normalized spacial score (nSPS) is 11.8. The number of rotatable bonds is 12. The molecule has 0 aliphatic carbocycles. The third-order valence-electron chi connectivity index (χ3n) is 22.0. The Bertz CT molecular complexity index is 7030. The van der Waals surface area contributed by atoms with Gasteiger partial charge in [0.25, 0.3) is 0 Å². The van der Waals surface area contributed by atoms with E-state index < -0.39 is 0 Å². The molecule has 0 fully saturated rings. The topological polar surface area (TPSA) is 19.7 Å². The summed E-state index contributed by atoms with van der Waals surface area (Å²) >= 11 is 0. The van der Waals surface area contributed by atoms with Crippen molar-refractivity contribution < 1.29 is 0 Å². The van der Waals surface area contributed by atoms with Crippen molar-refractivity contribution in [2.75, 3.05) is 0 Å². The van der Waals surface area contributed by atoms with Crippen LogP contribution in [0.4, 0.5) is 0 Å². The smallest absolute Gasteiger partial charge is 0.0547 e. The van der Waals surface area contributed by atoms with Gasteiger partial charge < -0.3 is 18.3 Å². The molecular formula is C102H66N4. The number of nitrogens with zero attached hydrogens (tertiary/aromatic N) is 4. The van der Waals surface area contributed by atoms with Crippen LogP contribution < -0.4 is 0 Å². The molecule has 0 amide bonds. The van der Waals surface area contributed by atoms with Gasteiger partial charge in [0.2, 0.25) is 0 Å². The fourth-order valence-corrected chi connectivity index (χ4v) is 17.2. The first-order chi connectivity index (χ1) is 52.6. The van der Waals surface area contributed by atoms with Gasteiger partial charge in [-0.1, -0.05) is 303 Å². The van der Waals surface area contributed by atoms with E-state index in [2.05, 4.69) is 419 Å². The highest BCUT2D eigenvalue weighted by atomic mass is 15.0. The van der Waals surface area contributed by atoms with E-state index in [9.17, 15) is 0 Å². The van der Waals surface area contributed by atoms with Gasteiger partial charge in [-0.2, -0.15) is 0 Å². The number of fused-ring (bicyclic) bond motifs is 12. The van der Waals surface area contributed by atoms with E-state index in [0.717, 1.165) is 89.3 Å². The van der Waals surface area contributed by atoms with Crippen molar-refractivity contribution in [2.24, 2.45) is 0 Å². The first-order valence-electron chi connectivity index (χ1n) is 36.5. The minimum absolute atomic E-state index is 1.10. The average molecular weight is 1350 g/mol. The van der Waals surface area contributed by atoms with Crippen LogP contribution in [-0.4, -0.2) is 18.3 Å². The van der Waals surface area contributed by atoms with Crippen LogP contribution in [-0.2, 0) is 0 Å². The summed E-state index contributed by atoms with van der Waals surface area (Å²) in [5.74, 6) is 0. The third-order valence-corrected chi connectivity index (χ3v) is 22.0. The summed E-state index contributed by atoms with van der Waals surface area (Å²) in [5, 5.41) is 9.77. The molecule has 0 spiro atoms. The molecule has 0 unspecified atom stereocenters. The monoisotopic (exact) mass is 1350 g/mol. The van der Waals surface area contributed by atoms with E-state index in [1.807, 2.05) is 0 Å². The van der Waals surface area contributed by atoms with Gasteiger partial charge in [0.15, 0.2) is 0 Å². The van der Waals surface area contributed by atoms with E-state index in [4.69, 9.17) is 0 Å². The number of hydrogen-bond acceptors (Lipinski definition) is 0. The number of para-hydroxylation sites is 5. The second kappa shape index (κ2) is 24.9. The van der Waals surface area contributed by atoms with Gasteiger partial charge in [-0.3, -0.25) is 0 Å². The summed E-state index contributed by atoms with van der Waals surface area (Å²) in [4.78, 5) is 0. The highest BCUT2D eigenvalue weighted by Crippen LogP contribution is 2.48. The van der Waals surface area contributed by atoms with Crippen molar-refractivity contribution in [3.05, 3.63) is 400 Å². The number of hydrogen-bond donors (Lipinski definition) is 0. The fraction of sp³-hybridized carbons (Fsp3) is 0. The Morgan fingerprint density at radius 1 is 0.132 bits per heavy atom. The highest BCUT2D eigenvalue weighted by molar-refractivity contribution is 6.23. The molecule has 4 nitrogen and oxygen atoms in total. The summed E-state index contributed by atoms with van der Waals surface area (Å²) < 4.78 is 9.90. The fourth-order valence-electron chi connectivity index (χ4n) is 17.2. The minimum atomic E-state index is 1.10. The largest absolute Gasteiger partial charge is 0.309 e. The Morgan fingerprint density at radius 3 is 1.11 bits per heavy atom. The van der Waals surface area contributed by atoms with Gasteiger partial charge in [0.1, 0.15) is 0 Å². The summed E-state index contributed by atoms with van der Waals surface area (Å²) in [6.45, 7) is 0. The van der Waals surface area contributed by atoms with E-state index in [1.165, 1.54) is 110 Å². The molecule has 4 aromatic heterocycles. The Balaban J connectivity index is 0.677. The van der Waals surface area contributed by atoms with Crippen LogP contribution in [0.3, 0.4) is 0 Å². The van der Waals surface area contributed by atoms with Crippen LogP contribution in [0.1, 0.15) is 0 Å². The molecular weight excluding hydrogens is 1280 g/mol. The van der Waals surface area contributed by atoms with Crippen molar-refractivity contribution in [3.8, 4) is 112 Å². The SMILES string of the molecule is c1ccc(-c2cccc(-n3c4ccccc4c4ccc(-c5ccc6c(c5)c5ccccc5n6-c5cc(-c6ccc(-c7cc(-c8ccccc8)cc(-n8c9ccccc9c9c(-c%10cccc%11c%10c%10ccccc%10n%11-c%10ccccc%10-c%10ccccc%10)cccc98)c7)cc6)ccc5-c5ccccc5)cc43)c2)cc1. The molecule has 4 heteroatoms. The molecule has 0 aliphatic heterocycles. The number of benzene rings is 17. The maximum Gasteiger partial charge on any atom is 0.0547 e. The summed E-state index contributed by atoms with van der Waals surface area (Å²) in [7, 11) is 0. The predicted molar refractivity (Wildman–Crippen MR) is 447 cm³/mol. The highest BCUT2D eigenvalue weighted by Gasteiger charge is 2.25. The molecule has 0 saturated carbocycles. The Kier molecular flexibility index (Phi) is 14.2. The van der Waals surface area contributed by atoms with Crippen molar-refractivity contribution in [1.29, 1.82) is 0 Å². The molecule has 0 N–H and O–H groups in total. The third kappa shape index (κ3) is 9.91. The zero-order valence-corrected chi connectivity index (χ0v) is 57.9. The molecule has 0 bridgehead atoms. The first kappa shape index (κ1) is 60.7.